The van der Waals surface area contributed by atoms with Crippen LogP contribution in [0.3, 0.4) is 0 Å². The normalized spacial score (nSPS) is 16.3. The molecule has 1 aliphatic rings. The molecule has 0 aliphatic carbocycles. The van der Waals surface area contributed by atoms with Gasteiger partial charge in [0.15, 0.2) is 11.0 Å². The molecule has 0 saturated heterocycles. The lowest BCUT2D eigenvalue weighted by molar-refractivity contribution is -0.116. The van der Waals surface area contributed by atoms with E-state index in [4.69, 9.17) is 11.6 Å². The first-order valence-corrected chi connectivity index (χ1v) is 8.92. The summed E-state index contributed by atoms with van der Waals surface area (Å²) in [6.07, 6.45) is 1.39. The molecule has 1 N–H and O–H groups in total. The zero-order chi connectivity index (χ0) is 18.3. The molecule has 26 heavy (non-hydrogen) atoms. The van der Waals surface area contributed by atoms with Gasteiger partial charge < -0.3 is 5.32 Å². The van der Waals surface area contributed by atoms with E-state index in [0.717, 1.165) is 23.2 Å². The Hall–Kier alpha value is -2.73. The average Bonchev–Trinajstić information content (AvgIpc) is 2.98. The lowest BCUT2D eigenvalue weighted by Crippen LogP contribution is -2.25. The fourth-order valence-electron chi connectivity index (χ4n) is 3.41. The Labute approximate surface area is 156 Å². The van der Waals surface area contributed by atoms with Crippen molar-refractivity contribution in [3.05, 3.63) is 63.9 Å². The number of benzene rings is 1. The van der Waals surface area contributed by atoms with Crippen LogP contribution >= 0.6 is 11.6 Å². The van der Waals surface area contributed by atoms with Gasteiger partial charge in [0.25, 0.3) is 0 Å². The highest BCUT2D eigenvalue weighted by atomic mass is 35.5. The predicted molar refractivity (Wildman–Crippen MR) is 99.8 cm³/mol. The molecule has 2 aromatic heterocycles. The van der Waals surface area contributed by atoms with E-state index in [2.05, 4.69) is 51.8 Å². The van der Waals surface area contributed by atoms with Gasteiger partial charge in [0.1, 0.15) is 5.82 Å². The number of amides is 1. The second-order valence-electron chi connectivity index (χ2n) is 6.37. The van der Waals surface area contributed by atoms with Crippen LogP contribution < -0.4 is 5.32 Å². The van der Waals surface area contributed by atoms with Crippen molar-refractivity contribution in [2.75, 3.05) is 5.32 Å². The topological polar surface area (TPSA) is 72.7 Å². The Kier molecular flexibility index (Phi) is 4.20. The third kappa shape index (κ3) is 2.86. The van der Waals surface area contributed by atoms with Crippen LogP contribution in [0.15, 0.2) is 36.4 Å². The van der Waals surface area contributed by atoms with Crippen LogP contribution in [0.4, 0.5) is 5.82 Å². The highest BCUT2D eigenvalue weighted by molar-refractivity contribution is 6.29. The standard InChI is InChI=1S/C19H18ClN5O/c1-3-12-4-6-13(7-5-12)14-10-17(26)21-19-18(14)11(2)24-25(19)16-9-8-15(20)22-23-16/h4-9,14H,3,10H2,1-2H3,(H,21,26)/t14-/m1/s1. The van der Waals surface area contributed by atoms with Crippen molar-refractivity contribution in [1.82, 2.24) is 20.0 Å². The maximum absolute atomic E-state index is 12.4. The number of nitrogens with one attached hydrogen (secondary N) is 1. The fourth-order valence-corrected chi connectivity index (χ4v) is 3.51. The summed E-state index contributed by atoms with van der Waals surface area (Å²) in [7, 11) is 0. The van der Waals surface area contributed by atoms with Gasteiger partial charge in [0.05, 0.1) is 5.69 Å². The molecular formula is C19H18ClN5O. The minimum atomic E-state index is -0.0369. The molecule has 4 rings (SSSR count). The summed E-state index contributed by atoms with van der Waals surface area (Å²) in [5.74, 6) is 1.10. The SMILES string of the molecule is CCc1ccc([C@H]2CC(=O)Nc3c2c(C)nn3-c2ccc(Cl)nn2)cc1. The highest BCUT2D eigenvalue weighted by Crippen LogP contribution is 2.40. The number of carbonyl (C=O) groups excluding carboxylic acids is 1. The molecule has 6 nitrogen and oxygen atoms in total. The monoisotopic (exact) mass is 367 g/mol. The minimum Gasteiger partial charge on any atom is -0.310 e. The number of hydrogen-bond donors (Lipinski definition) is 1. The van der Waals surface area contributed by atoms with Gasteiger partial charge in [-0.2, -0.15) is 9.78 Å². The van der Waals surface area contributed by atoms with E-state index < -0.39 is 0 Å². The first kappa shape index (κ1) is 16.7. The highest BCUT2D eigenvalue weighted by Gasteiger charge is 2.32. The van der Waals surface area contributed by atoms with Crippen molar-refractivity contribution in [3.8, 4) is 5.82 Å². The van der Waals surface area contributed by atoms with Gasteiger partial charge in [-0.3, -0.25) is 4.79 Å². The van der Waals surface area contributed by atoms with Gasteiger partial charge in [0, 0.05) is 17.9 Å². The molecule has 1 amide bonds. The number of rotatable bonds is 3. The van der Waals surface area contributed by atoms with Gasteiger partial charge in [-0.1, -0.05) is 42.8 Å². The quantitative estimate of drug-likeness (QED) is 0.766. The molecule has 1 aliphatic heterocycles. The summed E-state index contributed by atoms with van der Waals surface area (Å²) in [5.41, 5.74) is 4.27. The number of hydrogen-bond acceptors (Lipinski definition) is 4. The van der Waals surface area contributed by atoms with Crippen LogP contribution in [0, 0.1) is 6.92 Å². The molecule has 0 bridgehead atoms. The number of anilines is 1. The second-order valence-corrected chi connectivity index (χ2v) is 6.76. The molecule has 3 aromatic rings. The van der Waals surface area contributed by atoms with Crippen molar-refractivity contribution in [1.29, 1.82) is 0 Å². The van der Waals surface area contributed by atoms with Gasteiger partial charge in [-0.15, -0.1) is 10.2 Å². The van der Waals surface area contributed by atoms with E-state index in [1.165, 1.54) is 5.56 Å². The molecule has 0 saturated carbocycles. The summed E-state index contributed by atoms with van der Waals surface area (Å²) in [6, 6.07) is 11.8. The van der Waals surface area contributed by atoms with E-state index in [9.17, 15) is 4.79 Å². The first-order valence-electron chi connectivity index (χ1n) is 8.54. The summed E-state index contributed by atoms with van der Waals surface area (Å²) in [6.45, 7) is 4.08. The molecule has 0 spiro atoms. The van der Waals surface area contributed by atoms with Crippen LogP contribution in [-0.4, -0.2) is 25.9 Å². The van der Waals surface area contributed by atoms with Gasteiger partial charge >= 0.3 is 0 Å². The molecule has 7 heteroatoms. The summed E-state index contributed by atoms with van der Waals surface area (Å²) in [4.78, 5) is 12.4. The number of halogens is 1. The molecule has 1 aromatic carbocycles. The number of nitrogens with zero attached hydrogens (tertiary/aromatic N) is 4. The van der Waals surface area contributed by atoms with Crippen molar-refractivity contribution in [2.24, 2.45) is 0 Å². The van der Waals surface area contributed by atoms with Crippen LogP contribution in [0.5, 0.6) is 0 Å². The zero-order valence-corrected chi connectivity index (χ0v) is 15.3. The number of carbonyl (C=O) groups is 1. The van der Waals surface area contributed by atoms with Crippen LogP contribution in [0.1, 0.15) is 41.6 Å². The van der Waals surface area contributed by atoms with Gasteiger partial charge in [0.2, 0.25) is 5.91 Å². The van der Waals surface area contributed by atoms with Crippen LogP contribution in [0.2, 0.25) is 5.15 Å². The molecule has 3 heterocycles. The Balaban J connectivity index is 1.82. The molecule has 0 radical (unpaired) electrons. The molecule has 132 valence electrons. The third-order valence-corrected chi connectivity index (χ3v) is 4.93. The van der Waals surface area contributed by atoms with Crippen LogP contribution in [0.25, 0.3) is 5.82 Å². The smallest absolute Gasteiger partial charge is 0.226 e. The molecule has 0 unspecified atom stereocenters. The number of fused-ring (bicyclic) bond motifs is 1. The molecule has 1 atom stereocenters. The minimum absolute atomic E-state index is 0.0290. The zero-order valence-electron chi connectivity index (χ0n) is 14.5. The van der Waals surface area contributed by atoms with Crippen molar-refractivity contribution < 1.29 is 4.79 Å². The maximum Gasteiger partial charge on any atom is 0.226 e. The molecular weight excluding hydrogens is 350 g/mol. The van der Waals surface area contributed by atoms with Crippen molar-refractivity contribution in [2.45, 2.75) is 32.6 Å². The van der Waals surface area contributed by atoms with Gasteiger partial charge in [-0.25, -0.2) is 0 Å². The average molecular weight is 368 g/mol. The van der Waals surface area contributed by atoms with E-state index in [1.54, 1.807) is 16.8 Å². The fraction of sp³-hybridized carbons (Fsp3) is 0.263. The largest absolute Gasteiger partial charge is 0.310 e. The number of aryl methyl sites for hydroxylation is 2. The third-order valence-electron chi connectivity index (χ3n) is 4.73. The Morgan fingerprint density at radius 1 is 1.19 bits per heavy atom. The summed E-state index contributed by atoms with van der Waals surface area (Å²) < 4.78 is 1.62. The van der Waals surface area contributed by atoms with E-state index in [1.807, 2.05) is 6.92 Å². The Morgan fingerprint density at radius 3 is 2.62 bits per heavy atom. The van der Waals surface area contributed by atoms with Crippen molar-refractivity contribution >= 4 is 23.3 Å². The van der Waals surface area contributed by atoms with Gasteiger partial charge in [-0.05, 0) is 36.6 Å². The van der Waals surface area contributed by atoms with Crippen LogP contribution in [-0.2, 0) is 11.2 Å². The Morgan fingerprint density at radius 2 is 1.96 bits per heavy atom. The summed E-state index contributed by atoms with van der Waals surface area (Å²) >= 11 is 5.83. The predicted octanol–water partition coefficient (Wildman–Crippen LogP) is 3.66. The summed E-state index contributed by atoms with van der Waals surface area (Å²) in [5, 5.41) is 15.8. The lowest BCUT2D eigenvalue weighted by Gasteiger charge is -2.24. The lowest BCUT2D eigenvalue weighted by atomic mass is 9.85. The van der Waals surface area contributed by atoms with E-state index in [-0.39, 0.29) is 11.8 Å². The van der Waals surface area contributed by atoms with E-state index in [0.29, 0.717) is 23.2 Å². The Bertz CT molecular complexity index is 963. The number of aromatic nitrogens is 4. The van der Waals surface area contributed by atoms with E-state index >= 15 is 0 Å². The maximum atomic E-state index is 12.4. The second kappa shape index (κ2) is 6.53. The first-order chi connectivity index (χ1) is 12.6. The molecule has 0 fully saturated rings. The van der Waals surface area contributed by atoms with Crippen molar-refractivity contribution in [3.63, 3.8) is 0 Å².